The van der Waals surface area contributed by atoms with Crippen molar-refractivity contribution < 1.29 is 31.8 Å². The highest BCUT2D eigenvalue weighted by atomic mass is 35.5. The van der Waals surface area contributed by atoms with Crippen LogP contribution in [-0.2, 0) is 14.8 Å². The van der Waals surface area contributed by atoms with Crippen LogP contribution in [0.25, 0.3) is 22.2 Å². The predicted octanol–water partition coefficient (Wildman–Crippen LogP) is 5.53. The van der Waals surface area contributed by atoms with E-state index >= 15 is 0 Å². The quantitative estimate of drug-likeness (QED) is 0.224. The number of halogens is 1. The van der Waals surface area contributed by atoms with Gasteiger partial charge in [0.25, 0.3) is 15.9 Å². The Morgan fingerprint density at radius 2 is 1.82 bits per heavy atom. The topological polar surface area (TPSA) is 121 Å². The molecule has 0 saturated carbocycles. The molecule has 38 heavy (non-hydrogen) atoms. The number of carbonyl (C=O) groups excluding carboxylic acids is 1. The second kappa shape index (κ2) is 11.4. The van der Waals surface area contributed by atoms with Crippen LogP contribution in [0.4, 0.5) is 5.69 Å². The lowest BCUT2D eigenvalue weighted by atomic mass is 10.1. The van der Waals surface area contributed by atoms with E-state index in [0.717, 1.165) is 15.6 Å². The van der Waals surface area contributed by atoms with Gasteiger partial charge in [-0.3, -0.25) is 4.31 Å². The number of methoxy groups -OCH3 is 1. The fourth-order valence-corrected chi connectivity index (χ4v) is 6.42. The summed E-state index contributed by atoms with van der Waals surface area (Å²) < 4.78 is 50.4. The maximum atomic E-state index is 13.7. The van der Waals surface area contributed by atoms with Gasteiger partial charge in [-0.2, -0.15) is 0 Å². The first kappa shape index (κ1) is 27.4. The van der Waals surface area contributed by atoms with E-state index in [1.54, 1.807) is 49.4 Å². The molecule has 0 radical (unpaired) electrons. The van der Waals surface area contributed by atoms with Crippen molar-refractivity contribution in [2.45, 2.75) is 18.7 Å². The van der Waals surface area contributed by atoms with E-state index < -0.39 is 16.0 Å². The van der Waals surface area contributed by atoms with Crippen molar-refractivity contribution in [1.82, 2.24) is 10.2 Å². The van der Waals surface area contributed by atoms with Gasteiger partial charge in [0.1, 0.15) is 9.77 Å². The lowest BCUT2D eigenvalue weighted by Crippen LogP contribution is -2.26. The summed E-state index contributed by atoms with van der Waals surface area (Å²) in [6, 6.07) is 12.7. The van der Waals surface area contributed by atoms with E-state index in [9.17, 15) is 13.2 Å². The molecule has 0 aliphatic carbocycles. The second-order valence-electron chi connectivity index (χ2n) is 7.70. The fraction of sp³-hybridized carbons (Fsp3) is 0.240. The van der Waals surface area contributed by atoms with Crippen molar-refractivity contribution in [3.05, 3.63) is 58.4 Å². The summed E-state index contributed by atoms with van der Waals surface area (Å²) in [6.07, 6.45) is 0. The molecule has 0 fully saturated rings. The standard InChI is InChI=1S/C25H24ClN3O7S2/c1-5-34-18-11-10-17(13-19(18)33-4)29(3)38(31,32)20-14-21(26)37-22(20)24-28-27-23(36-24)15-8-7-9-16(12-15)25(30)35-6-2/h7-14H,5-6H2,1-4H3. The van der Waals surface area contributed by atoms with E-state index in [2.05, 4.69) is 10.2 Å². The maximum Gasteiger partial charge on any atom is 0.338 e. The van der Waals surface area contributed by atoms with Gasteiger partial charge < -0.3 is 18.6 Å². The average molecular weight is 578 g/mol. The van der Waals surface area contributed by atoms with Gasteiger partial charge in [0.2, 0.25) is 5.89 Å². The van der Waals surface area contributed by atoms with Crippen molar-refractivity contribution in [1.29, 1.82) is 0 Å². The van der Waals surface area contributed by atoms with Crippen LogP contribution < -0.4 is 13.8 Å². The molecule has 0 unspecified atom stereocenters. The molecule has 0 bridgehead atoms. The molecule has 2 heterocycles. The third-order valence-electron chi connectivity index (χ3n) is 5.36. The van der Waals surface area contributed by atoms with Crippen LogP contribution in [0.1, 0.15) is 24.2 Å². The number of sulfonamides is 1. The van der Waals surface area contributed by atoms with Crippen molar-refractivity contribution in [3.8, 4) is 33.7 Å². The highest BCUT2D eigenvalue weighted by molar-refractivity contribution is 7.93. The normalized spacial score (nSPS) is 11.3. The van der Waals surface area contributed by atoms with Gasteiger partial charge in [0, 0.05) is 18.7 Å². The zero-order chi connectivity index (χ0) is 27.4. The number of rotatable bonds is 10. The van der Waals surface area contributed by atoms with E-state index in [1.807, 2.05) is 6.92 Å². The number of benzene rings is 2. The summed E-state index contributed by atoms with van der Waals surface area (Å²) in [7, 11) is -1.21. The third-order valence-corrected chi connectivity index (χ3v) is 8.55. The van der Waals surface area contributed by atoms with Crippen LogP contribution in [0, 0.1) is 0 Å². The summed E-state index contributed by atoms with van der Waals surface area (Å²) in [5.41, 5.74) is 1.14. The predicted molar refractivity (Wildman–Crippen MR) is 144 cm³/mol. The number of ether oxygens (including phenoxy) is 3. The van der Waals surface area contributed by atoms with Crippen LogP contribution in [0.15, 0.2) is 57.8 Å². The van der Waals surface area contributed by atoms with Gasteiger partial charge >= 0.3 is 5.97 Å². The summed E-state index contributed by atoms with van der Waals surface area (Å²) >= 11 is 7.23. The van der Waals surface area contributed by atoms with Crippen molar-refractivity contribution in [2.75, 3.05) is 31.7 Å². The van der Waals surface area contributed by atoms with Gasteiger partial charge in [-0.1, -0.05) is 17.7 Å². The number of esters is 1. The van der Waals surface area contributed by atoms with Gasteiger partial charge in [-0.15, -0.1) is 21.5 Å². The number of carbonyl (C=O) groups is 1. The van der Waals surface area contributed by atoms with Crippen molar-refractivity contribution >= 4 is 44.6 Å². The molecule has 0 aliphatic heterocycles. The molecule has 4 aromatic rings. The smallest absolute Gasteiger partial charge is 0.338 e. The molecule has 0 spiro atoms. The Morgan fingerprint density at radius 3 is 2.53 bits per heavy atom. The zero-order valence-corrected chi connectivity index (χ0v) is 23.3. The van der Waals surface area contributed by atoms with Crippen molar-refractivity contribution in [2.24, 2.45) is 0 Å². The third kappa shape index (κ3) is 5.47. The zero-order valence-electron chi connectivity index (χ0n) is 20.9. The minimum atomic E-state index is -4.11. The molecule has 10 nitrogen and oxygen atoms in total. The molecule has 0 aliphatic rings. The minimum absolute atomic E-state index is 0.0327. The molecule has 0 N–H and O–H groups in total. The Morgan fingerprint density at radius 1 is 1.05 bits per heavy atom. The first-order chi connectivity index (χ1) is 18.2. The molecule has 2 aromatic heterocycles. The van der Waals surface area contributed by atoms with E-state index in [-0.39, 0.29) is 32.5 Å². The number of hydrogen-bond acceptors (Lipinski definition) is 10. The largest absolute Gasteiger partial charge is 0.493 e. The lowest BCUT2D eigenvalue weighted by Gasteiger charge is -2.21. The van der Waals surface area contributed by atoms with Gasteiger partial charge in [0.05, 0.1) is 35.9 Å². The Kier molecular flexibility index (Phi) is 8.24. The first-order valence-electron chi connectivity index (χ1n) is 11.4. The highest BCUT2D eigenvalue weighted by Gasteiger charge is 2.30. The SMILES string of the molecule is CCOC(=O)c1cccc(-c2nnc(-c3sc(Cl)cc3S(=O)(=O)N(C)c3ccc(OCC)c(OC)c3)o2)c1. The van der Waals surface area contributed by atoms with E-state index in [1.165, 1.54) is 20.2 Å². The minimum Gasteiger partial charge on any atom is -0.493 e. The Hall–Kier alpha value is -3.61. The molecule has 2 aromatic carbocycles. The second-order valence-corrected chi connectivity index (χ2v) is 11.3. The van der Waals surface area contributed by atoms with Crippen LogP contribution >= 0.6 is 22.9 Å². The fourth-order valence-electron chi connectivity index (χ4n) is 3.52. The summed E-state index contributed by atoms with van der Waals surface area (Å²) in [5, 5.41) is 8.10. The van der Waals surface area contributed by atoms with E-state index in [4.69, 9.17) is 30.2 Å². The molecule has 13 heteroatoms. The molecular weight excluding hydrogens is 554 g/mol. The highest BCUT2D eigenvalue weighted by Crippen LogP contribution is 2.41. The number of nitrogens with zero attached hydrogens (tertiary/aromatic N) is 3. The van der Waals surface area contributed by atoms with Crippen molar-refractivity contribution in [3.63, 3.8) is 0 Å². The van der Waals surface area contributed by atoms with Gasteiger partial charge in [-0.05, 0) is 50.2 Å². The number of hydrogen-bond donors (Lipinski definition) is 0. The van der Waals surface area contributed by atoms with Crippen LogP contribution in [0.2, 0.25) is 4.34 Å². The molecule has 200 valence electrons. The number of aromatic nitrogens is 2. The van der Waals surface area contributed by atoms with Crippen LogP contribution in [0.5, 0.6) is 11.5 Å². The van der Waals surface area contributed by atoms with Crippen LogP contribution in [0.3, 0.4) is 0 Å². The Labute approximate surface area is 228 Å². The Balaban J connectivity index is 1.69. The average Bonchev–Trinajstić information content (AvgIpc) is 3.56. The number of thiophene rings is 1. The summed E-state index contributed by atoms with van der Waals surface area (Å²) in [5.74, 6) is 0.468. The number of anilines is 1. The maximum absolute atomic E-state index is 13.7. The summed E-state index contributed by atoms with van der Waals surface area (Å²) in [6.45, 7) is 4.22. The molecule has 4 rings (SSSR count). The van der Waals surface area contributed by atoms with Crippen LogP contribution in [-0.4, -0.2) is 52.0 Å². The molecule has 0 atom stereocenters. The van der Waals surface area contributed by atoms with Gasteiger partial charge in [0.15, 0.2) is 11.5 Å². The first-order valence-corrected chi connectivity index (χ1v) is 14.0. The monoisotopic (exact) mass is 577 g/mol. The molecular formula is C25H24ClN3O7S2. The Bertz CT molecular complexity index is 1570. The summed E-state index contributed by atoms with van der Waals surface area (Å²) in [4.78, 5) is 12.2. The molecule has 0 amide bonds. The lowest BCUT2D eigenvalue weighted by molar-refractivity contribution is 0.0526. The van der Waals surface area contributed by atoms with E-state index in [0.29, 0.717) is 34.9 Å². The van der Waals surface area contributed by atoms with Gasteiger partial charge in [-0.25, -0.2) is 13.2 Å². The molecule has 0 saturated heterocycles.